The van der Waals surface area contributed by atoms with Gasteiger partial charge in [0.15, 0.2) is 0 Å². The zero-order valence-corrected chi connectivity index (χ0v) is 21.2. The molecule has 2 N–H and O–H groups in total. The molecule has 0 atom stereocenters. The van der Waals surface area contributed by atoms with Gasteiger partial charge in [-0.2, -0.15) is 0 Å². The van der Waals surface area contributed by atoms with Crippen molar-refractivity contribution in [3.05, 3.63) is 53.6 Å². The molecule has 2 aromatic rings. The first kappa shape index (κ1) is 26.9. The minimum atomic E-state index is -0.375. The highest BCUT2D eigenvalue weighted by Gasteiger charge is 2.17. The molecule has 34 heavy (non-hydrogen) atoms. The van der Waals surface area contributed by atoms with Crippen molar-refractivity contribution in [1.82, 2.24) is 4.90 Å². The number of aliphatic imine (C=N–C) groups is 1. The van der Waals surface area contributed by atoms with E-state index < -0.39 is 0 Å². The van der Waals surface area contributed by atoms with Crippen LogP contribution in [0.5, 0.6) is 0 Å². The first-order valence-corrected chi connectivity index (χ1v) is 11.8. The lowest BCUT2D eigenvalue weighted by atomic mass is 10.1. The van der Waals surface area contributed by atoms with Crippen LogP contribution in [0.25, 0.3) is 0 Å². The topological polar surface area (TPSA) is 83.0 Å². The van der Waals surface area contributed by atoms with Crippen LogP contribution in [-0.4, -0.2) is 50.4 Å². The van der Waals surface area contributed by atoms with Crippen LogP contribution in [-0.2, 0) is 4.74 Å². The largest absolute Gasteiger partial charge is 0.465 e. The lowest BCUT2D eigenvalue weighted by Crippen LogP contribution is -2.34. The van der Waals surface area contributed by atoms with Gasteiger partial charge in [-0.15, -0.1) is 0 Å². The van der Waals surface area contributed by atoms with Crippen LogP contribution in [0.4, 0.5) is 17.1 Å². The lowest BCUT2D eigenvalue weighted by molar-refractivity contribution is 0.0600. The molecule has 0 aliphatic heterocycles. The van der Waals surface area contributed by atoms with E-state index in [9.17, 15) is 9.59 Å². The van der Waals surface area contributed by atoms with Crippen molar-refractivity contribution in [2.24, 2.45) is 16.8 Å². The molecular weight excluding hydrogens is 428 g/mol. The molecule has 7 nitrogen and oxygen atoms in total. The van der Waals surface area contributed by atoms with E-state index in [1.54, 1.807) is 30.6 Å². The minimum absolute atomic E-state index is 0.0529. The molecule has 0 radical (unpaired) electrons. The summed E-state index contributed by atoms with van der Waals surface area (Å²) in [5.41, 5.74) is 3.42. The number of benzene rings is 2. The van der Waals surface area contributed by atoms with Gasteiger partial charge in [-0.3, -0.25) is 4.79 Å². The zero-order chi connectivity index (χ0) is 25.1. The highest BCUT2D eigenvalue weighted by molar-refractivity contribution is 5.96. The Kier molecular flexibility index (Phi) is 10.6. The Hall–Kier alpha value is -3.35. The second-order valence-corrected chi connectivity index (χ2v) is 9.11. The van der Waals surface area contributed by atoms with Crippen molar-refractivity contribution in [2.45, 2.75) is 40.5 Å². The first-order valence-electron chi connectivity index (χ1n) is 11.8. The molecule has 0 saturated heterocycles. The van der Waals surface area contributed by atoms with E-state index in [2.05, 4.69) is 43.3 Å². The summed E-state index contributed by atoms with van der Waals surface area (Å²) >= 11 is 0. The molecule has 0 aliphatic rings. The van der Waals surface area contributed by atoms with Crippen LogP contribution < -0.4 is 10.6 Å². The van der Waals surface area contributed by atoms with Gasteiger partial charge in [-0.05, 0) is 67.1 Å². The Morgan fingerprint density at radius 2 is 1.56 bits per heavy atom. The summed E-state index contributed by atoms with van der Waals surface area (Å²) in [6.45, 7) is 10.2. The maximum atomic E-state index is 13.3. The van der Waals surface area contributed by atoms with Crippen LogP contribution in [0.3, 0.4) is 0 Å². The summed E-state index contributed by atoms with van der Waals surface area (Å²) in [4.78, 5) is 31.3. The summed E-state index contributed by atoms with van der Waals surface area (Å²) in [6.07, 6.45) is 3.55. The summed E-state index contributed by atoms with van der Waals surface area (Å²) < 4.78 is 4.71. The van der Waals surface area contributed by atoms with E-state index in [1.165, 1.54) is 7.11 Å². The predicted molar refractivity (Wildman–Crippen MR) is 140 cm³/mol. The quantitative estimate of drug-likeness (QED) is 0.234. The maximum Gasteiger partial charge on any atom is 0.337 e. The average Bonchev–Trinajstić information content (AvgIpc) is 2.83. The van der Waals surface area contributed by atoms with Gasteiger partial charge in [0.2, 0.25) is 0 Å². The monoisotopic (exact) mass is 466 g/mol. The van der Waals surface area contributed by atoms with Crippen LogP contribution in [0.2, 0.25) is 0 Å². The van der Waals surface area contributed by atoms with Crippen molar-refractivity contribution >= 4 is 35.3 Å². The number of esters is 1. The van der Waals surface area contributed by atoms with Crippen molar-refractivity contribution < 1.29 is 14.3 Å². The van der Waals surface area contributed by atoms with Crippen LogP contribution >= 0.6 is 0 Å². The smallest absolute Gasteiger partial charge is 0.337 e. The van der Waals surface area contributed by atoms with Crippen molar-refractivity contribution in [1.29, 1.82) is 0 Å². The number of hydrogen-bond donors (Lipinski definition) is 2. The highest BCUT2D eigenvalue weighted by Crippen LogP contribution is 2.26. The fourth-order valence-electron chi connectivity index (χ4n) is 3.30. The number of rotatable bonds is 12. The maximum absolute atomic E-state index is 13.3. The third kappa shape index (κ3) is 8.21. The summed E-state index contributed by atoms with van der Waals surface area (Å²) in [7, 11) is 3.17. The van der Waals surface area contributed by atoms with Crippen LogP contribution in [0.15, 0.2) is 47.5 Å². The van der Waals surface area contributed by atoms with Gasteiger partial charge < -0.3 is 20.3 Å². The van der Waals surface area contributed by atoms with E-state index in [4.69, 9.17) is 4.74 Å². The Bertz CT molecular complexity index is 956. The fourth-order valence-corrected chi connectivity index (χ4v) is 3.30. The Balaban J connectivity index is 2.12. The molecule has 0 saturated carbocycles. The molecular formula is C27H38N4O3. The van der Waals surface area contributed by atoms with Gasteiger partial charge in [-0.1, -0.05) is 27.7 Å². The molecule has 0 spiro atoms. The Morgan fingerprint density at radius 3 is 2.09 bits per heavy atom. The van der Waals surface area contributed by atoms with Crippen LogP contribution in [0, 0.1) is 11.8 Å². The summed E-state index contributed by atoms with van der Waals surface area (Å²) in [5.74, 6) is 0.767. The van der Waals surface area contributed by atoms with Crippen LogP contribution in [0.1, 0.15) is 61.3 Å². The third-order valence-corrected chi connectivity index (χ3v) is 5.49. The van der Waals surface area contributed by atoms with Crippen molar-refractivity contribution in [2.75, 3.05) is 37.9 Å². The number of methoxy groups -OCH3 is 1. The van der Waals surface area contributed by atoms with E-state index in [1.807, 2.05) is 30.1 Å². The second kappa shape index (κ2) is 13.4. The molecule has 0 aromatic heterocycles. The highest BCUT2D eigenvalue weighted by atomic mass is 16.5. The summed E-state index contributed by atoms with van der Waals surface area (Å²) in [5, 5.41) is 6.23. The SMILES string of the molecule is CNc1cc(C(=O)N(CCC(C)C)CCC(C)C)ccc1N=CNc1ccc(C(=O)OC)cc1. The first-order chi connectivity index (χ1) is 16.2. The number of hydrogen-bond acceptors (Lipinski definition) is 5. The molecule has 2 aromatic carbocycles. The number of carbonyl (C=O) groups is 2. The number of anilines is 2. The van der Waals surface area contributed by atoms with E-state index in [0.717, 1.165) is 37.3 Å². The normalized spacial score (nSPS) is 11.2. The summed E-state index contributed by atoms with van der Waals surface area (Å²) in [6, 6.07) is 12.5. The van der Waals surface area contributed by atoms with Crippen molar-refractivity contribution in [3.63, 3.8) is 0 Å². The van der Waals surface area contributed by atoms with Gasteiger partial charge in [0.1, 0.15) is 0 Å². The van der Waals surface area contributed by atoms with Gasteiger partial charge in [0.05, 0.1) is 30.4 Å². The molecule has 0 bridgehead atoms. The number of carbonyl (C=O) groups excluding carboxylic acids is 2. The van der Waals surface area contributed by atoms with Gasteiger partial charge in [0, 0.05) is 31.4 Å². The van der Waals surface area contributed by atoms with Gasteiger partial charge in [0.25, 0.3) is 5.91 Å². The molecule has 0 heterocycles. The van der Waals surface area contributed by atoms with Gasteiger partial charge in [-0.25, -0.2) is 9.79 Å². The molecule has 0 unspecified atom stereocenters. The predicted octanol–water partition coefficient (Wildman–Crippen LogP) is 5.82. The average molecular weight is 467 g/mol. The number of amides is 1. The van der Waals surface area contributed by atoms with E-state index >= 15 is 0 Å². The standard InChI is InChI=1S/C27H38N4O3/c1-19(2)13-15-31(16-14-20(3)4)26(32)22-9-12-24(25(17-22)28-5)30-18-29-23-10-7-21(8-11-23)27(33)34-6/h7-12,17-20,28H,13-16H2,1-6H3,(H,29,30). The molecule has 0 fully saturated rings. The molecule has 2 rings (SSSR count). The molecule has 1 amide bonds. The van der Waals surface area contributed by atoms with Crippen molar-refractivity contribution in [3.8, 4) is 0 Å². The molecule has 184 valence electrons. The second-order valence-electron chi connectivity index (χ2n) is 9.11. The number of nitrogens with one attached hydrogen (secondary N) is 2. The van der Waals surface area contributed by atoms with E-state index in [0.29, 0.717) is 28.7 Å². The minimum Gasteiger partial charge on any atom is -0.465 e. The molecule has 0 aliphatic carbocycles. The number of ether oxygens (including phenoxy) is 1. The van der Waals surface area contributed by atoms with E-state index in [-0.39, 0.29) is 11.9 Å². The Labute approximate surface area is 203 Å². The fraction of sp³-hybridized carbons (Fsp3) is 0.444. The number of nitrogens with zero attached hydrogens (tertiary/aromatic N) is 2. The Morgan fingerprint density at radius 1 is 0.971 bits per heavy atom. The third-order valence-electron chi connectivity index (χ3n) is 5.49. The molecule has 7 heteroatoms. The zero-order valence-electron chi connectivity index (χ0n) is 21.2. The lowest BCUT2D eigenvalue weighted by Gasteiger charge is -2.25. The van der Waals surface area contributed by atoms with Gasteiger partial charge >= 0.3 is 5.97 Å².